The average Bonchev–Trinajstić information content (AvgIpc) is 3.26. The Morgan fingerprint density at radius 3 is 2.28 bits per heavy atom. The summed E-state index contributed by atoms with van der Waals surface area (Å²) in [5.41, 5.74) is -2.53. The van der Waals surface area contributed by atoms with Gasteiger partial charge in [0.2, 0.25) is 5.91 Å². The molecule has 7 nitrogen and oxygen atoms in total. The standard InChI is InChI=1S/C28H28FNO6/c1-30(2)26(32)22-23(16-8-6-5-7-9-16)28(17-10-12-18(29)13-11-17)27(33,25(22)31)24-20(35-4)14-19(34-3)15-21(24)36-28/h5-15,22-23,25,31,33H,1-4H3/t22-,23-,25-,27+,28+/m1/s1. The van der Waals surface area contributed by atoms with E-state index in [1.165, 1.54) is 43.4 Å². The lowest BCUT2D eigenvalue weighted by Gasteiger charge is -2.40. The summed E-state index contributed by atoms with van der Waals surface area (Å²) >= 11 is 0. The molecule has 1 heterocycles. The summed E-state index contributed by atoms with van der Waals surface area (Å²) in [7, 11) is 6.13. The summed E-state index contributed by atoms with van der Waals surface area (Å²) in [6, 6.07) is 17.9. The number of benzene rings is 3. The zero-order valence-corrected chi connectivity index (χ0v) is 20.4. The second-order valence-corrected chi connectivity index (χ2v) is 9.41. The molecule has 8 heteroatoms. The van der Waals surface area contributed by atoms with Gasteiger partial charge in [0.25, 0.3) is 0 Å². The van der Waals surface area contributed by atoms with Gasteiger partial charge in [-0.15, -0.1) is 0 Å². The van der Waals surface area contributed by atoms with Crippen LogP contribution in [-0.4, -0.2) is 55.4 Å². The van der Waals surface area contributed by atoms with Gasteiger partial charge in [0, 0.05) is 32.1 Å². The second-order valence-electron chi connectivity index (χ2n) is 9.41. The molecule has 0 spiro atoms. The third-order valence-electron chi connectivity index (χ3n) is 7.44. The van der Waals surface area contributed by atoms with Crippen LogP contribution in [0.5, 0.6) is 17.2 Å². The zero-order valence-electron chi connectivity index (χ0n) is 20.4. The van der Waals surface area contributed by atoms with Crippen LogP contribution in [0.25, 0.3) is 0 Å². The summed E-state index contributed by atoms with van der Waals surface area (Å²) in [4.78, 5) is 15.0. The van der Waals surface area contributed by atoms with Crippen molar-refractivity contribution in [1.82, 2.24) is 4.90 Å². The molecule has 0 unspecified atom stereocenters. The highest BCUT2D eigenvalue weighted by atomic mass is 19.1. The first kappa shape index (κ1) is 24.1. The van der Waals surface area contributed by atoms with E-state index in [0.29, 0.717) is 16.9 Å². The van der Waals surface area contributed by atoms with E-state index in [2.05, 4.69) is 0 Å². The summed E-state index contributed by atoms with van der Waals surface area (Å²) in [5, 5.41) is 24.6. The maximum Gasteiger partial charge on any atom is 0.228 e. The number of carbonyl (C=O) groups excluding carboxylic acids is 1. The molecular weight excluding hydrogens is 465 g/mol. The Hall–Kier alpha value is -3.62. The first-order valence-corrected chi connectivity index (χ1v) is 11.6. The van der Waals surface area contributed by atoms with Crippen LogP contribution in [0.1, 0.15) is 22.6 Å². The molecule has 0 aromatic heterocycles. The second kappa shape index (κ2) is 8.50. The number of aliphatic hydroxyl groups excluding tert-OH is 1. The van der Waals surface area contributed by atoms with Crippen LogP contribution >= 0.6 is 0 Å². The van der Waals surface area contributed by atoms with Crippen LogP contribution < -0.4 is 14.2 Å². The Morgan fingerprint density at radius 1 is 1.03 bits per heavy atom. The molecule has 2 N–H and O–H groups in total. The first-order chi connectivity index (χ1) is 17.2. The first-order valence-electron chi connectivity index (χ1n) is 11.6. The quantitative estimate of drug-likeness (QED) is 0.568. The van der Waals surface area contributed by atoms with Crippen LogP contribution in [0.15, 0.2) is 66.7 Å². The molecule has 5 rings (SSSR count). The molecule has 3 aromatic rings. The minimum absolute atomic E-state index is 0.206. The number of carbonyl (C=O) groups is 1. The molecule has 1 amide bonds. The molecule has 5 atom stereocenters. The molecule has 0 saturated heterocycles. The molecule has 1 fully saturated rings. The number of halogens is 1. The van der Waals surface area contributed by atoms with E-state index in [0.717, 1.165) is 0 Å². The fourth-order valence-electron chi connectivity index (χ4n) is 5.94. The molecule has 0 radical (unpaired) electrons. The van der Waals surface area contributed by atoms with Crippen molar-refractivity contribution < 1.29 is 33.6 Å². The molecule has 1 aliphatic heterocycles. The topological polar surface area (TPSA) is 88.5 Å². The molecule has 36 heavy (non-hydrogen) atoms. The van der Waals surface area contributed by atoms with E-state index in [1.807, 2.05) is 30.3 Å². The van der Waals surface area contributed by atoms with Crippen LogP contribution in [0.3, 0.4) is 0 Å². The van der Waals surface area contributed by atoms with Crippen molar-refractivity contribution in [2.75, 3.05) is 28.3 Å². The number of aliphatic hydroxyl groups is 2. The van der Waals surface area contributed by atoms with Crippen molar-refractivity contribution in [3.8, 4) is 17.2 Å². The summed E-state index contributed by atoms with van der Waals surface area (Å²) in [5.74, 6) is -1.87. The maximum absolute atomic E-state index is 14.0. The van der Waals surface area contributed by atoms with Crippen LogP contribution in [-0.2, 0) is 16.0 Å². The molecule has 2 aliphatic rings. The lowest BCUT2D eigenvalue weighted by atomic mass is 9.70. The molecule has 0 bridgehead atoms. The Bertz CT molecular complexity index is 1300. The molecule has 1 aliphatic carbocycles. The Labute approximate surface area is 208 Å². The predicted molar refractivity (Wildman–Crippen MR) is 130 cm³/mol. The number of hydrogen-bond donors (Lipinski definition) is 2. The highest BCUT2D eigenvalue weighted by Crippen LogP contribution is 2.70. The van der Waals surface area contributed by atoms with Crippen molar-refractivity contribution in [1.29, 1.82) is 0 Å². The molecule has 188 valence electrons. The summed E-state index contributed by atoms with van der Waals surface area (Å²) < 4.78 is 31.7. The number of fused-ring (bicyclic) bond motifs is 3. The minimum atomic E-state index is -2.13. The SMILES string of the molecule is COc1cc(OC)c2c(c1)O[C@@]1(c3ccc(F)cc3)[C@H](c3ccccc3)[C@@H](C(=O)N(C)C)[C@@H](O)[C@@]21O. The Balaban J connectivity index is 1.89. The summed E-state index contributed by atoms with van der Waals surface area (Å²) in [6.45, 7) is 0. The number of nitrogens with zero attached hydrogens (tertiary/aromatic N) is 1. The number of hydrogen-bond acceptors (Lipinski definition) is 6. The largest absolute Gasteiger partial charge is 0.496 e. The zero-order chi connectivity index (χ0) is 25.8. The Morgan fingerprint density at radius 2 is 1.69 bits per heavy atom. The van der Waals surface area contributed by atoms with Gasteiger partial charge in [-0.25, -0.2) is 4.39 Å². The van der Waals surface area contributed by atoms with Gasteiger partial charge < -0.3 is 29.3 Å². The number of ether oxygens (including phenoxy) is 3. The third-order valence-corrected chi connectivity index (χ3v) is 7.44. The van der Waals surface area contributed by atoms with Gasteiger partial charge in [-0.1, -0.05) is 42.5 Å². The number of methoxy groups -OCH3 is 2. The van der Waals surface area contributed by atoms with Gasteiger partial charge in [0.1, 0.15) is 29.2 Å². The van der Waals surface area contributed by atoms with Gasteiger partial charge in [-0.3, -0.25) is 4.79 Å². The molecular formula is C28H28FNO6. The van der Waals surface area contributed by atoms with Crippen LogP contribution in [0.2, 0.25) is 0 Å². The Kier molecular flexibility index (Phi) is 5.69. The lowest BCUT2D eigenvalue weighted by Crippen LogP contribution is -2.52. The van der Waals surface area contributed by atoms with Gasteiger partial charge in [0.05, 0.1) is 25.7 Å². The monoisotopic (exact) mass is 493 g/mol. The summed E-state index contributed by atoms with van der Waals surface area (Å²) in [6.07, 6.45) is -1.59. The van der Waals surface area contributed by atoms with Crippen LogP contribution in [0, 0.1) is 11.7 Å². The third kappa shape index (κ3) is 3.07. The maximum atomic E-state index is 14.0. The van der Waals surface area contributed by atoms with E-state index >= 15 is 0 Å². The fraction of sp³-hybridized carbons (Fsp3) is 0.321. The van der Waals surface area contributed by atoms with Crippen molar-refractivity contribution in [3.05, 3.63) is 89.2 Å². The van der Waals surface area contributed by atoms with E-state index in [1.54, 1.807) is 26.2 Å². The normalized spacial score (nSPS) is 28.1. The molecule has 1 saturated carbocycles. The minimum Gasteiger partial charge on any atom is -0.496 e. The van der Waals surface area contributed by atoms with Gasteiger partial charge >= 0.3 is 0 Å². The van der Waals surface area contributed by atoms with E-state index in [4.69, 9.17) is 14.2 Å². The van der Waals surface area contributed by atoms with Crippen LogP contribution in [0.4, 0.5) is 4.39 Å². The van der Waals surface area contributed by atoms with Gasteiger partial charge in [-0.2, -0.15) is 0 Å². The average molecular weight is 494 g/mol. The highest BCUT2D eigenvalue weighted by Gasteiger charge is 2.78. The predicted octanol–water partition coefficient (Wildman–Crippen LogP) is 3.18. The lowest BCUT2D eigenvalue weighted by molar-refractivity contribution is -0.156. The molecule has 3 aromatic carbocycles. The smallest absolute Gasteiger partial charge is 0.228 e. The van der Waals surface area contributed by atoms with Gasteiger partial charge in [-0.05, 0) is 23.3 Å². The van der Waals surface area contributed by atoms with Crippen molar-refractivity contribution >= 4 is 5.91 Å². The van der Waals surface area contributed by atoms with Crippen molar-refractivity contribution in [2.24, 2.45) is 5.92 Å². The van der Waals surface area contributed by atoms with E-state index in [-0.39, 0.29) is 23.0 Å². The fourth-order valence-corrected chi connectivity index (χ4v) is 5.94. The van der Waals surface area contributed by atoms with E-state index < -0.39 is 35.0 Å². The number of rotatable bonds is 5. The van der Waals surface area contributed by atoms with Crippen molar-refractivity contribution in [2.45, 2.75) is 23.2 Å². The number of amides is 1. The van der Waals surface area contributed by atoms with Crippen molar-refractivity contribution in [3.63, 3.8) is 0 Å². The highest BCUT2D eigenvalue weighted by molar-refractivity contribution is 5.83. The van der Waals surface area contributed by atoms with E-state index in [9.17, 15) is 19.4 Å². The van der Waals surface area contributed by atoms with Gasteiger partial charge in [0.15, 0.2) is 11.2 Å².